The smallest absolute Gasteiger partial charge is 0.0937 e. The summed E-state index contributed by atoms with van der Waals surface area (Å²) < 4.78 is 17.7. The number of likely N-dealkylation sites (tertiary alicyclic amines) is 1. The summed E-state index contributed by atoms with van der Waals surface area (Å²) >= 11 is 0. The number of rotatable bonds is 8. The highest BCUT2D eigenvalue weighted by atomic mass is 16.5. The molecule has 35 heavy (non-hydrogen) atoms. The van der Waals surface area contributed by atoms with E-state index in [-0.39, 0.29) is 0 Å². The van der Waals surface area contributed by atoms with Crippen molar-refractivity contribution in [2.75, 3.05) is 39.5 Å². The van der Waals surface area contributed by atoms with Gasteiger partial charge in [-0.2, -0.15) is 0 Å². The molecule has 0 bridgehead atoms. The zero-order chi connectivity index (χ0) is 23.9. The van der Waals surface area contributed by atoms with E-state index in [4.69, 9.17) is 13.9 Å². The average molecular weight is 482 g/mol. The standard InChI is InChI=1S/C31H47NO3/c1-30-12-9-25(35-20-19-33-18-16-32-14-3-4-15-32)21-24(30)5-6-26-28-8-7-27(23-11-17-34-22-23)31(28,2)13-10-29(26)30/h11,17,21-22,25-29H,3-10,12-16,18-20H2,1-2H3/t25-,26-,27+,28-,29-,30-,31+/m0/s1. The molecule has 1 aliphatic heterocycles. The largest absolute Gasteiger partial charge is 0.472 e. The Hall–Kier alpha value is -1.10. The predicted molar refractivity (Wildman–Crippen MR) is 139 cm³/mol. The zero-order valence-corrected chi connectivity index (χ0v) is 22.2. The van der Waals surface area contributed by atoms with Gasteiger partial charge in [-0.05, 0) is 123 Å². The Morgan fingerprint density at radius 2 is 1.86 bits per heavy atom. The van der Waals surface area contributed by atoms with E-state index in [1.165, 1.54) is 82.9 Å². The Bertz CT molecular complexity index is 874. The van der Waals surface area contributed by atoms with E-state index in [1.807, 2.05) is 12.5 Å². The second-order valence-electron chi connectivity index (χ2n) is 12.9. The van der Waals surface area contributed by atoms with Crippen LogP contribution in [-0.2, 0) is 9.47 Å². The third-order valence-electron chi connectivity index (χ3n) is 11.3. The molecular formula is C31H47NO3. The van der Waals surface area contributed by atoms with Crippen molar-refractivity contribution in [3.63, 3.8) is 0 Å². The summed E-state index contributed by atoms with van der Waals surface area (Å²) in [6.07, 6.45) is 20.1. The van der Waals surface area contributed by atoms with E-state index < -0.39 is 0 Å². The molecular weight excluding hydrogens is 434 g/mol. The van der Waals surface area contributed by atoms with E-state index in [9.17, 15) is 0 Å². The Balaban J connectivity index is 1.04. The van der Waals surface area contributed by atoms with Crippen molar-refractivity contribution in [1.82, 2.24) is 4.90 Å². The van der Waals surface area contributed by atoms with E-state index >= 15 is 0 Å². The van der Waals surface area contributed by atoms with Gasteiger partial charge in [-0.15, -0.1) is 0 Å². The van der Waals surface area contributed by atoms with Gasteiger partial charge in [0.15, 0.2) is 0 Å². The van der Waals surface area contributed by atoms with Crippen molar-refractivity contribution in [2.24, 2.45) is 28.6 Å². The van der Waals surface area contributed by atoms with Crippen LogP contribution in [0, 0.1) is 28.6 Å². The van der Waals surface area contributed by atoms with Crippen LogP contribution >= 0.6 is 0 Å². The molecule has 1 aromatic rings. The molecule has 0 spiro atoms. The molecule has 0 N–H and O–H groups in total. The summed E-state index contributed by atoms with van der Waals surface area (Å²) in [5, 5.41) is 0. The molecule has 0 aromatic carbocycles. The summed E-state index contributed by atoms with van der Waals surface area (Å²) in [7, 11) is 0. The number of hydrogen-bond acceptors (Lipinski definition) is 4. The van der Waals surface area contributed by atoms with Crippen molar-refractivity contribution >= 4 is 0 Å². The van der Waals surface area contributed by atoms with Crippen LogP contribution in [0.25, 0.3) is 0 Å². The van der Waals surface area contributed by atoms with Gasteiger partial charge >= 0.3 is 0 Å². The molecule has 4 fully saturated rings. The molecule has 0 unspecified atom stereocenters. The van der Waals surface area contributed by atoms with Crippen LogP contribution in [0.4, 0.5) is 0 Å². The molecule has 5 aliphatic rings. The van der Waals surface area contributed by atoms with Gasteiger partial charge in [-0.25, -0.2) is 0 Å². The third-order valence-corrected chi connectivity index (χ3v) is 11.3. The fourth-order valence-electron chi connectivity index (χ4n) is 9.41. The van der Waals surface area contributed by atoms with Crippen molar-refractivity contribution in [2.45, 2.75) is 90.1 Å². The first kappa shape index (κ1) is 24.2. The maximum absolute atomic E-state index is 6.30. The Kier molecular flexibility index (Phi) is 6.92. The van der Waals surface area contributed by atoms with E-state index in [0.29, 0.717) is 22.9 Å². The van der Waals surface area contributed by atoms with Crippen molar-refractivity contribution in [3.8, 4) is 0 Å². The Morgan fingerprint density at radius 3 is 2.69 bits per heavy atom. The second kappa shape index (κ2) is 9.99. The van der Waals surface area contributed by atoms with Crippen LogP contribution in [0.5, 0.6) is 0 Å². The lowest BCUT2D eigenvalue weighted by molar-refractivity contribution is -0.0529. The summed E-state index contributed by atoms with van der Waals surface area (Å²) in [6, 6.07) is 2.23. The Labute approximate surface area is 212 Å². The number of furan rings is 1. The first-order valence-corrected chi connectivity index (χ1v) is 14.7. The van der Waals surface area contributed by atoms with Gasteiger partial charge in [0.2, 0.25) is 0 Å². The number of hydrogen-bond donors (Lipinski definition) is 0. The van der Waals surface area contributed by atoms with Gasteiger partial charge in [-0.1, -0.05) is 25.5 Å². The minimum Gasteiger partial charge on any atom is -0.472 e. The lowest BCUT2D eigenvalue weighted by atomic mass is 9.46. The molecule has 7 atom stereocenters. The molecule has 1 aromatic heterocycles. The van der Waals surface area contributed by atoms with Gasteiger partial charge < -0.3 is 18.8 Å². The lowest BCUT2D eigenvalue weighted by Gasteiger charge is -2.58. The number of nitrogens with zero attached hydrogens (tertiary/aromatic N) is 1. The van der Waals surface area contributed by atoms with E-state index in [2.05, 4.69) is 30.9 Å². The van der Waals surface area contributed by atoms with Crippen LogP contribution in [-0.4, -0.2) is 50.5 Å². The van der Waals surface area contributed by atoms with Crippen molar-refractivity contribution < 1.29 is 13.9 Å². The molecule has 4 heteroatoms. The molecule has 4 aliphatic carbocycles. The van der Waals surface area contributed by atoms with Gasteiger partial charge in [0, 0.05) is 6.54 Å². The van der Waals surface area contributed by atoms with Gasteiger partial charge in [0.1, 0.15) is 0 Å². The third kappa shape index (κ3) is 4.46. The SMILES string of the molecule is C[C@]12CC[C@H]3[C@@H](CCC4=C[C@@H](OCCOCCN5CCCC5)CC[C@@]43C)[C@@H]1CC[C@@H]2c1ccoc1. The predicted octanol–water partition coefficient (Wildman–Crippen LogP) is 6.82. The molecule has 0 amide bonds. The Morgan fingerprint density at radius 1 is 0.971 bits per heavy atom. The zero-order valence-electron chi connectivity index (χ0n) is 22.2. The molecule has 194 valence electrons. The highest BCUT2D eigenvalue weighted by molar-refractivity contribution is 5.27. The van der Waals surface area contributed by atoms with Crippen molar-refractivity contribution in [1.29, 1.82) is 0 Å². The summed E-state index contributed by atoms with van der Waals surface area (Å²) in [5.74, 6) is 3.33. The van der Waals surface area contributed by atoms with Gasteiger partial charge in [-0.3, -0.25) is 0 Å². The van der Waals surface area contributed by atoms with E-state index in [1.54, 1.807) is 5.57 Å². The lowest BCUT2D eigenvalue weighted by Crippen LogP contribution is -2.50. The van der Waals surface area contributed by atoms with Gasteiger partial charge in [0.05, 0.1) is 38.5 Å². The normalized spacial score (nSPS) is 41.3. The number of allylic oxidation sites excluding steroid dienone is 1. The highest BCUT2D eigenvalue weighted by Crippen LogP contribution is 2.68. The van der Waals surface area contributed by atoms with Crippen LogP contribution in [0.1, 0.15) is 89.5 Å². The highest BCUT2D eigenvalue weighted by Gasteiger charge is 2.59. The van der Waals surface area contributed by atoms with E-state index in [0.717, 1.165) is 44.1 Å². The summed E-state index contributed by atoms with van der Waals surface area (Å²) in [6.45, 7) is 11.1. The summed E-state index contributed by atoms with van der Waals surface area (Å²) in [5.41, 5.74) is 4.02. The fraction of sp³-hybridized carbons (Fsp3) is 0.806. The quantitative estimate of drug-likeness (QED) is 0.301. The number of fused-ring (bicyclic) bond motifs is 5. The van der Waals surface area contributed by atoms with Crippen molar-refractivity contribution in [3.05, 3.63) is 35.8 Å². The molecule has 2 heterocycles. The molecule has 6 rings (SSSR count). The topological polar surface area (TPSA) is 34.8 Å². The minimum atomic E-state index is 0.294. The maximum atomic E-state index is 6.30. The molecule has 4 nitrogen and oxygen atoms in total. The minimum absolute atomic E-state index is 0.294. The van der Waals surface area contributed by atoms with Crippen LogP contribution in [0.3, 0.4) is 0 Å². The van der Waals surface area contributed by atoms with Gasteiger partial charge in [0.25, 0.3) is 0 Å². The maximum Gasteiger partial charge on any atom is 0.0937 e. The molecule has 3 saturated carbocycles. The monoisotopic (exact) mass is 481 g/mol. The van der Waals surface area contributed by atoms with Crippen LogP contribution in [0.15, 0.2) is 34.7 Å². The number of ether oxygens (including phenoxy) is 2. The molecule has 0 radical (unpaired) electrons. The second-order valence-corrected chi connectivity index (χ2v) is 12.9. The molecule has 1 saturated heterocycles. The van der Waals surface area contributed by atoms with Crippen LogP contribution in [0.2, 0.25) is 0 Å². The first-order valence-electron chi connectivity index (χ1n) is 14.7. The van der Waals surface area contributed by atoms with Crippen LogP contribution < -0.4 is 0 Å². The average Bonchev–Trinajstić information content (AvgIpc) is 3.62. The summed E-state index contributed by atoms with van der Waals surface area (Å²) in [4.78, 5) is 2.51. The first-order chi connectivity index (χ1) is 17.1. The fourth-order valence-corrected chi connectivity index (χ4v) is 9.41.